The molecule has 0 bridgehead atoms. The van der Waals surface area contributed by atoms with Gasteiger partial charge in [0.15, 0.2) is 5.90 Å². The highest BCUT2D eigenvalue weighted by atomic mass is 16.5. The molecule has 0 radical (unpaired) electrons. The Morgan fingerprint density at radius 1 is 1.38 bits per heavy atom. The van der Waals surface area contributed by atoms with Crippen LogP contribution in [0.4, 0.5) is 0 Å². The van der Waals surface area contributed by atoms with Crippen LogP contribution in [0.25, 0.3) is 0 Å². The van der Waals surface area contributed by atoms with Crippen molar-refractivity contribution in [3.63, 3.8) is 0 Å². The number of hydrogen-bond donors (Lipinski definition) is 1. The van der Waals surface area contributed by atoms with Gasteiger partial charge in [0.25, 0.3) is 0 Å². The first-order chi connectivity index (χ1) is 7.83. The van der Waals surface area contributed by atoms with Gasteiger partial charge >= 0.3 is 0 Å². The average molecular weight is 217 g/mol. The lowest BCUT2D eigenvalue weighted by Gasteiger charge is -2.10. The summed E-state index contributed by atoms with van der Waals surface area (Å²) in [6.07, 6.45) is 2.16. The largest absolute Gasteiger partial charge is 0.471 e. The molecular formula is C13H15NO2. The van der Waals surface area contributed by atoms with Gasteiger partial charge in [-0.1, -0.05) is 36.9 Å². The van der Waals surface area contributed by atoms with Crippen molar-refractivity contribution >= 4 is 5.90 Å². The van der Waals surface area contributed by atoms with E-state index in [0.29, 0.717) is 12.3 Å². The first-order valence-corrected chi connectivity index (χ1v) is 5.34. The number of hydrogen-bond acceptors (Lipinski definition) is 3. The lowest BCUT2D eigenvalue weighted by atomic mass is 10.1. The summed E-state index contributed by atoms with van der Waals surface area (Å²) < 4.78 is 5.59. The van der Waals surface area contributed by atoms with E-state index in [1.165, 1.54) is 0 Å². The molecule has 3 nitrogen and oxygen atoms in total. The number of rotatable bonds is 4. The van der Waals surface area contributed by atoms with E-state index in [1.807, 2.05) is 30.3 Å². The Kier molecular flexibility index (Phi) is 3.37. The maximum atomic E-state index is 9.12. The minimum atomic E-state index is -0.198. The predicted molar refractivity (Wildman–Crippen MR) is 63.5 cm³/mol. The Morgan fingerprint density at radius 3 is 2.69 bits per heavy atom. The number of ether oxygens (including phenoxy) is 1. The van der Waals surface area contributed by atoms with E-state index < -0.39 is 0 Å². The zero-order valence-corrected chi connectivity index (χ0v) is 9.04. The molecular weight excluding hydrogens is 202 g/mol. The second-order valence-electron chi connectivity index (χ2n) is 3.75. The van der Waals surface area contributed by atoms with E-state index in [-0.39, 0.29) is 18.8 Å². The fourth-order valence-electron chi connectivity index (χ4n) is 1.73. The minimum absolute atomic E-state index is 0.00498. The third-order valence-electron chi connectivity index (χ3n) is 2.58. The standard InChI is InChI=1S/C13H15NO2/c1-2-12-11(9-15)14-13(16-12)8-10-6-4-3-5-7-10/h2-7,11-12,15H,1,8-9H2/t11-,12-/m0/s1. The monoisotopic (exact) mass is 217 g/mol. The summed E-state index contributed by atoms with van der Waals surface area (Å²) in [5, 5.41) is 9.12. The summed E-state index contributed by atoms with van der Waals surface area (Å²) in [5.74, 6) is 0.676. The average Bonchev–Trinajstić information content (AvgIpc) is 2.72. The SMILES string of the molecule is C=C[C@@H]1OC(Cc2ccccc2)=N[C@H]1CO. The molecule has 0 spiro atoms. The van der Waals surface area contributed by atoms with Crippen LogP contribution in [0.15, 0.2) is 48.0 Å². The molecule has 0 amide bonds. The topological polar surface area (TPSA) is 41.8 Å². The maximum absolute atomic E-state index is 9.12. The fourth-order valence-corrected chi connectivity index (χ4v) is 1.73. The van der Waals surface area contributed by atoms with Gasteiger partial charge in [-0.05, 0) is 11.6 Å². The van der Waals surface area contributed by atoms with E-state index in [9.17, 15) is 0 Å². The molecule has 1 aromatic carbocycles. The second kappa shape index (κ2) is 4.94. The van der Waals surface area contributed by atoms with Crippen LogP contribution in [0.1, 0.15) is 5.56 Å². The van der Waals surface area contributed by atoms with Crippen LogP contribution in [0.5, 0.6) is 0 Å². The molecule has 84 valence electrons. The van der Waals surface area contributed by atoms with Crippen LogP contribution in [-0.4, -0.2) is 29.8 Å². The van der Waals surface area contributed by atoms with Crippen molar-refractivity contribution < 1.29 is 9.84 Å². The number of aliphatic imine (C=N–C) groups is 1. The highest BCUT2D eigenvalue weighted by Gasteiger charge is 2.27. The summed E-state index contributed by atoms with van der Waals surface area (Å²) in [6.45, 7) is 3.67. The molecule has 1 aliphatic heterocycles. The Hall–Kier alpha value is -1.61. The maximum Gasteiger partial charge on any atom is 0.189 e. The molecule has 0 unspecified atom stereocenters. The van der Waals surface area contributed by atoms with Gasteiger partial charge in [-0.2, -0.15) is 0 Å². The van der Waals surface area contributed by atoms with Gasteiger partial charge in [-0.15, -0.1) is 0 Å². The van der Waals surface area contributed by atoms with E-state index in [1.54, 1.807) is 6.08 Å². The molecule has 0 fully saturated rings. The van der Waals surface area contributed by atoms with Gasteiger partial charge in [0.2, 0.25) is 0 Å². The zero-order valence-electron chi connectivity index (χ0n) is 9.04. The van der Waals surface area contributed by atoms with Crippen molar-refractivity contribution in [2.24, 2.45) is 4.99 Å². The molecule has 2 rings (SSSR count). The van der Waals surface area contributed by atoms with Crippen molar-refractivity contribution in [1.29, 1.82) is 0 Å². The summed E-state index contributed by atoms with van der Waals surface area (Å²) >= 11 is 0. The zero-order chi connectivity index (χ0) is 11.4. The first-order valence-electron chi connectivity index (χ1n) is 5.34. The molecule has 0 saturated carbocycles. The summed E-state index contributed by atoms with van der Waals surface area (Å²) in [5.41, 5.74) is 1.16. The highest BCUT2D eigenvalue weighted by Crippen LogP contribution is 2.16. The number of nitrogens with zero attached hydrogens (tertiary/aromatic N) is 1. The van der Waals surface area contributed by atoms with Crippen LogP contribution in [-0.2, 0) is 11.2 Å². The van der Waals surface area contributed by atoms with Gasteiger partial charge in [0.05, 0.1) is 6.61 Å². The number of benzene rings is 1. The quantitative estimate of drug-likeness (QED) is 0.778. The Balaban J connectivity index is 2.04. The van der Waals surface area contributed by atoms with Gasteiger partial charge < -0.3 is 9.84 Å². The second-order valence-corrected chi connectivity index (χ2v) is 3.75. The lowest BCUT2D eigenvalue weighted by molar-refractivity contribution is 0.182. The van der Waals surface area contributed by atoms with Crippen molar-refractivity contribution in [3.8, 4) is 0 Å². The summed E-state index contributed by atoms with van der Waals surface area (Å²) in [6, 6.07) is 9.81. The third-order valence-corrected chi connectivity index (χ3v) is 2.58. The van der Waals surface area contributed by atoms with Crippen LogP contribution < -0.4 is 0 Å². The molecule has 1 N–H and O–H groups in total. The molecule has 0 aromatic heterocycles. The van der Waals surface area contributed by atoms with E-state index in [2.05, 4.69) is 11.6 Å². The highest BCUT2D eigenvalue weighted by molar-refractivity contribution is 5.80. The van der Waals surface area contributed by atoms with Crippen molar-refractivity contribution in [1.82, 2.24) is 0 Å². The number of aliphatic hydroxyl groups excluding tert-OH is 1. The van der Waals surface area contributed by atoms with E-state index >= 15 is 0 Å². The normalized spacial score (nSPS) is 23.7. The molecule has 1 aliphatic rings. The molecule has 3 heteroatoms. The van der Waals surface area contributed by atoms with E-state index in [4.69, 9.17) is 9.84 Å². The Labute approximate surface area is 95.1 Å². The first kappa shape index (κ1) is 10.9. The van der Waals surface area contributed by atoms with Crippen molar-refractivity contribution in [2.75, 3.05) is 6.61 Å². The third kappa shape index (κ3) is 2.31. The van der Waals surface area contributed by atoms with Gasteiger partial charge in [-0.3, -0.25) is 0 Å². The summed E-state index contributed by atoms with van der Waals surface area (Å²) in [7, 11) is 0. The smallest absolute Gasteiger partial charge is 0.189 e. The van der Waals surface area contributed by atoms with E-state index in [0.717, 1.165) is 5.56 Å². The van der Waals surface area contributed by atoms with Crippen LogP contribution in [0.2, 0.25) is 0 Å². The Bertz CT molecular complexity index is 386. The van der Waals surface area contributed by atoms with Gasteiger partial charge in [-0.25, -0.2) is 4.99 Å². The molecule has 1 heterocycles. The predicted octanol–water partition coefficient (Wildman–Crippen LogP) is 1.57. The molecule has 2 atom stereocenters. The lowest BCUT2D eigenvalue weighted by Crippen LogP contribution is -2.23. The van der Waals surface area contributed by atoms with Gasteiger partial charge in [0, 0.05) is 6.42 Å². The molecule has 0 saturated heterocycles. The van der Waals surface area contributed by atoms with Crippen LogP contribution >= 0.6 is 0 Å². The molecule has 0 aliphatic carbocycles. The molecule has 16 heavy (non-hydrogen) atoms. The van der Waals surface area contributed by atoms with Crippen LogP contribution in [0, 0.1) is 0 Å². The van der Waals surface area contributed by atoms with Crippen molar-refractivity contribution in [3.05, 3.63) is 48.6 Å². The Morgan fingerprint density at radius 2 is 2.12 bits per heavy atom. The fraction of sp³-hybridized carbons (Fsp3) is 0.308. The van der Waals surface area contributed by atoms with Crippen LogP contribution in [0.3, 0.4) is 0 Å². The van der Waals surface area contributed by atoms with Crippen molar-refractivity contribution in [2.45, 2.75) is 18.6 Å². The molecule has 1 aromatic rings. The number of aliphatic hydroxyl groups is 1. The van der Waals surface area contributed by atoms with Gasteiger partial charge in [0.1, 0.15) is 12.1 Å². The summed E-state index contributed by atoms with van der Waals surface area (Å²) in [4.78, 5) is 4.33. The minimum Gasteiger partial charge on any atom is -0.471 e.